The topological polar surface area (TPSA) is 66.4 Å². The summed E-state index contributed by atoms with van der Waals surface area (Å²) in [6, 6.07) is 4.86. The predicted octanol–water partition coefficient (Wildman–Crippen LogP) is 2.28. The number of hydrogen-bond donors (Lipinski definition) is 3. The van der Waals surface area contributed by atoms with Crippen LogP contribution in [0.1, 0.15) is 31.2 Å². The quantitative estimate of drug-likeness (QED) is 0.738. The van der Waals surface area contributed by atoms with Gasteiger partial charge in [0.05, 0.1) is 24.7 Å². The molecule has 26 heavy (non-hydrogen) atoms. The van der Waals surface area contributed by atoms with E-state index in [2.05, 4.69) is 38.1 Å². The molecule has 1 aromatic carbocycles. The van der Waals surface area contributed by atoms with Crippen LogP contribution in [0.2, 0.25) is 0 Å². The molecule has 0 amide bonds. The van der Waals surface area contributed by atoms with Crippen molar-refractivity contribution < 1.29 is 4.74 Å². The minimum Gasteiger partial charge on any atom is -0.494 e. The van der Waals surface area contributed by atoms with Gasteiger partial charge in [-0.15, -0.1) is 0 Å². The molecule has 0 spiro atoms. The van der Waals surface area contributed by atoms with Crippen LogP contribution in [0.4, 0.5) is 11.4 Å². The van der Waals surface area contributed by atoms with E-state index in [1.807, 2.05) is 31.2 Å². The summed E-state index contributed by atoms with van der Waals surface area (Å²) in [4.78, 5) is 2.48. The molecule has 140 valence electrons. The van der Waals surface area contributed by atoms with Crippen molar-refractivity contribution in [2.24, 2.45) is 0 Å². The Morgan fingerprint density at radius 2 is 2.04 bits per heavy atom. The van der Waals surface area contributed by atoms with Gasteiger partial charge in [0.25, 0.3) is 0 Å². The normalized spacial score (nSPS) is 19.7. The second-order valence-electron chi connectivity index (χ2n) is 7.05. The summed E-state index contributed by atoms with van der Waals surface area (Å²) in [7, 11) is 5.66. The van der Waals surface area contributed by atoms with Crippen molar-refractivity contribution in [2.75, 3.05) is 31.4 Å². The first-order valence-electron chi connectivity index (χ1n) is 9.38. The molecule has 3 N–H and O–H groups in total. The molecule has 0 radical (unpaired) electrons. The van der Waals surface area contributed by atoms with E-state index < -0.39 is 0 Å². The summed E-state index contributed by atoms with van der Waals surface area (Å²) in [5.74, 6) is 0.837. The average Bonchev–Trinajstić information content (AvgIpc) is 3.39. The lowest BCUT2D eigenvalue weighted by molar-refractivity contribution is 0.411. The van der Waals surface area contributed by atoms with Crippen LogP contribution in [0.25, 0.3) is 5.69 Å². The van der Waals surface area contributed by atoms with Crippen LogP contribution in [0.3, 0.4) is 0 Å². The number of methoxy groups -OCH3 is 1. The van der Waals surface area contributed by atoms with Crippen molar-refractivity contribution in [1.29, 1.82) is 0 Å². The molecule has 1 aromatic heterocycles. The van der Waals surface area contributed by atoms with Gasteiger partial charge in [0.1, 0.15) is 11.4 Å². The second-order valence-corrected chi connectivity index (χ2v) is 7.05. The molecule has 7 nitrogen and oxygen atoms in total. The minimum atomic E-state index is 0.116. The van der Waals surface area contributed by atoms with E-state index in [0.717, 1.165) is 29.2 Å². The number of nitrogens with zero attached hydrogens (tertiary/aromatic N) is 3. The maximum Gasteiger partial charge on any atom is 0.155 e. The Bertz CT molecular complexity index is 767. The molecule has 1 aliphatic heterocycles. The molecular formula is C19H28N6O. The van der Waals surface area contributed by atoms with Crippen LogP contribution in [-0.2, 0) is 6.54 Å². The molecule has 2 aliphatic rings. The molecule has 1 aliphatic carbocycles. The van der Waals surface area contributed by atoms with Gasteiger partial charge in [0, 0.05) is 30.4 Å². The third-order valence-corrected chi connectivity index (χ3v) is 5.40. The highest BCUT2D eigenvalue weighted by Crippen LogP contribution is 2.43. The lowest BCUT2D eigenvalue weighted by Crippen LogP contribution is -2.49. The maximum atomic E-state index is 5.72. The zero-order chi connectivity index (χ0) is 18.1. The van der Waals surface area contributed by atoms with Gasteiger partial charge < -0.3 is 20.3 Å². The molecule has 7 heteroatoms. The summed E-state index contributed by atoms with van der Waals surface area (Å²) in [5, 5.41) is 14.7. The number of nitrogens with one attached hydrogen (secondary N) is 3. The lowest BCUT2D eigenvalue weighted by atomic mass is 10.1. The van der Waals surface area contributed by atoms with Crippen molar-refractivity contribution in [1.82, 2.24) is 20.4 Å². The van der Waals surface area contributed by atoms with Crippen LogP contribution >= 0.6 is 0 Å². The molecule has 1 atom stereocenters. The van der Waals surface area contributed by atoms with Crippen molar-refractivity contribution in [3.63, 3.8) is 0 Å². The van der Waals surface area contributed by atoms with Gasteiger partial charge >= 0.3 is 0 Å². The maximum absolute atomic E-state index is 5.72. The van der Waals surface area contributed by atoms with Gasteiger partial charge in [-0.1, -0.05) is 12.8 Å². The summed E-state index contributed by atoms with van der Waals surface area (Å²) in [5.41, 5.74) is 4.42. The Balaban J connectivity index is 1.73. The van der Waals surface area contributed by atoms with Gasteiger partial charge in [0.15, 0.2) is 6.29 Å². The predicted molar refractivity (Wildman–Crippen MR) is 104 cm³/mol. The first-order chi connectivity index (χ1) is 12.7. The SMILES string of the molecule is CNCc1cnn(-c2cc3c(cc2OC)N(C2CCCC2)C(NC)N3)c1. The van der Waals surface area contributed by atoms with E-state index in [0.29, 0.717) is 6.04 Å². The van der Waals surface area contributed by atoms with Gasteiger partial charge in [-0.25, -0.2) is 4.68 Å². The van der Waals surface area contributed by atoms with E-state index in [4.69, 9.17) is 4.74 Å². The van der Waals surface area contributed by atoms with Crippen LogP contribution in [0.5, 0.6) is 5.75 Å². The van der Waals surface area contributed by atoms with E-state index in [-0.39, 0.29) is 6.29 Å². The summed E-state index contributed by atoms with van der Waals surface area (Å²) < 4.78 is 7.61. The molecule has 2 aromatic rings. The monoisotopic (exact) mass is 356 g/mol. The molecule has 0 bridgehead atoms. The number of benzene rings is 1. The fourth-order valence-corrected chi connectivity index (χ4v) is 4.17. The first kappa shape index (κ1) is 17.2. The third-order valence-electron chi connectivity index (χ3n) is 5.40. The number of hydrogen-bond acceptors (Lipinski definition) is 6. The smallest absolute Gasteiger partial charge is 0.155 e. The molecule has 1 unspecified atom stereocenters. The number of fused-ring (bicyclic) bond motifs is 1. The zero-order valence-electron chi connectivity index (χ0n) is 15.7. The summed E-state index contributed by atoms with van der Waals surface area (Å²) in [6.45, 7) is 0.794. The number of aromatic nitrogens is 2. The fourth-order valence-electron chi connectivity index (χ4n) is 4.17. The molecule has 1 fully saturated rings. The Labute approximate surface area is 154 Å². The van der Waals surface area contributed by atoms with Crippen molar-refractivity contribution in [3.8, 4) is 11.4 Å². The van der Waals surface area contributed by atoms with Crippen molar-refractivity contribution >= 4 is 11.4 Å². The van der Waals surface area contributed by atoms with E-state index in [1.54, 1.807) is 7.11 Å². The van der Waals surface area contributed by atoms with E-state index in [9.17, 15) is 0 Å². The molecule has 0 saturated heterocycles. The average molecular weight is 356 g/mol. The minimum absolute atomic E-state index is 0.116. The molecule has 4 rings (SSSR count). The van der Waals surface area contributed by atoms with Gasteiger partial charge in [-0.05, 0) is 33.0 Å². The summed E-state index contributed by atoms with van der Waals surface area (Å²) >= 11 is 0. The highest BCUT2D eigenvalue weighted by atomic mass is 16.5. The van der Waals surface area contributed by atoms with Gasteiger partial charge in [-0.2, -0.15) is 5.10 Å². The molecule has 2 heterocycles. The molecular weight excluding hydrogens is 328 g/mol. The van der Waals surface area contributed by atoms with Gasteiger partial charge in [0.2, 0.25) is 0 Å². The number of ether oxygens (including phenoxy) is 1. The Hall–Kier alpha value is -2.25. The van der Waals surface area contributed by atoms with Gasteiger partial charge in [-0.3, -0.25) is 5.32 Å². The van der Waals surface area contributed by atoms with E-state index >= 15 is 0 Å². The van der Waals surface area contributed by atoms with E-state index in [1.165, 1.54) is 31.4 Å². The lowest BCUT2D eigenvalue weighted by Gasteiger charge is -2.32. The number of anilines is 2. The second kappa shape index (κ2) is 7.17. The van der Waals surface area contributed by atoms with Crippen molar-refractivity contribution in [3.05, 3.63) is 30.1 Å². The Morgan fingerprint density at radius 3 is 2.73 bits per heavy atom. The summed E-state index contributed by atoms with van der Waals surface area (Å²) in [6.07, 6.45) is 9.15. The zero-order valence-corrected chi connectivity index (χ0v) is 15.7. The molecule has 1 saturated carbocycles. The van der Waals surface area contributed by atoms with Crippen molar-refractivity contribution in [2.45, 2.75) is 44.6 Å². The van der Waals surface area contributed by atoms with Crippen LogP contribution in [0.15, 0.2) is 24.5 Å². The highest BCUT2D eigenvalue weighted by molar-refractivity contribution is 5.81. The highest BCUT2D eigenvalue weighted by Gasteiger charge is 2.35. The van der Waals surface area contributed by atoms with Crippen LogP contribution in [-0.4, -0.2) is 43.3 Å². The standard InChI is InChI=1S/C19H28N6O/c1-20-10-13-11-22-24(12-13)17-8-15-16(9-18(17)26-3)25(19(21-2)23-15)14-6-4-5-7-14/h8-9,11-12,14,19-21,23H,4-7,10H2,1-3H3. The Kier molecular flexibility index (Phi) is 4.74. The van der Waals surface area contributed by atoms with Crippen LogP contribution in [0, 0.1) is 0 Å². The largest absolute Gasteiger partial charge is 0.494 e. The fraction of sp³-hybridized carbons (Fsp3) is 0.526. The van der Waals surface area contributed by atoms with Crippen LogP contribution < -0.4 is 25.6 Å². The third kappa shape index (κ3) is 2.91. The Morgan fingerprint density at radius 1 is 1.23 bits per heavy atom. The number of rotatable bonds is 6. The first-order valence-corrected chi connectivity index (χ1v) is 9.38.